The van der Waals surface area contributed by atoms with Crippen LogP contribution in [0.1, 0.15) is 65.4 Å². The number of aromatic hydroxyl groups is 1. The highest BCUT2D eigenvalue weighted by atomic mass is 16.3. The summed E-state index contributed by atoms with van der Waals surface area (Å²) in [5, 5.41) is 49.6. The number of aliphatic hydroxyl groups excluding tert-OH is 2. The number of benzene rings is 1. The number of phenolic OH excluding ortho intramolecular Hbond substituents is 1. The molecule has 1 aromatic rings. The van der Waals surface area contributed by atoms with Gasteiger partial charge in [-0.25, -0.2) is 0 Å². The SMILES string of the molecule is CNCC(=O)N[C@@H](CC(C)C)C(=O)N[C@@H](Cc1ccc(O)cc1)C(=O)N[C@@H](CCCN=C(N)N)C(=O)N[C@H](C(=O)N[C@@H](CCCN=C(N)N)C(=O)N[C@@H](CO)C(=O)N[C@@H](CO)C(N)=O)C(C)C. The zero-order valence-electron chi connectivity index (χ0n) is 38.7. The molecule has 0 heterocycles. The van der Waals surface area contributed by atoms with Gasteiger partial charge in [0.15, 0.2) is 11.9 Å². The molecule has 0 aliphatic heterocycles. The Kier molecular flexibility index (Phi) is 26.4. The fourth-order valence-electron chi connectivity index (χ4n) is 6.27. The molecule has 0 bridgehead atoms. The Morgan fingerprint density at radius 1 is 0.567 bits per heavy atom. The maximum absolute atomic E-state index is 14.2. The summed E-state index contributed by atoms with van der Waals surface area (Å²) in [7, 11) is 1.56. The molecule has 1 aromatic carbocycles. The second-order valence-electron chi connectivity index (χ2n) is 16.4. The number of hydrogen-bond donors (Lipinski definition) is 16. The number of carbonyl (C=O) groups excluding carboxylic acids is 8. The van der Waals surface area contributed by atoms with Gasteiger partial charge in [-0.05, 0) is 68.7 Å². The normalized spacial score (nSPS) is 14.1. The average molecular weight is 950 g/mol. The van der Waals surface area contributed by atoms with E-state index in [1.807, 2.05) is 13.8 Å². The Morgan fingerprint density at radius 2 is 1.00 bits per heavy atom. The van der Waals surface area contributed by atoms with Gasteiger partial charge in [-0.1, -0.05) is 39.8 Å². The van der Waals surface area contributed by atoms with Crippen LogP contribution in [0.2, 0.25) is 0 Å². The summed E-state index contributed by atoms with van der Waals surface area (Å²) in [6.07, 6.45) is 0.168. The summed E-state index contributed by atoms with van der Waals surface area (Å²) < 4.78 is 0. The van der Waals surface area contributed by atoms with Crippen molar-refractivity contribution >= 4 is 59.2 Å². The molecule has 0 aromatic heterocycles. The van der Waals surface area contributed by atoms with Gasteiger partial charge in [-0.15, -0.1) is 0 Å². The van der Waals surface area contributed by atoms with E-state index >= 15 is 0 Å². The van der Waals surface area contributed by atoms with Crippen LogP contribution in [-0.2, 0) is 44.8 Å². The largest absolute Gasteiger partial charge is 0.508 e. The van der Waals surface area contributed by atoms with Crippen molar-refractivity contribution in [3.8, 4) is 5.75 Å². The molecule has 0 saturated carbocycles. The minimum absolute atomic E-state index is 0.0197. The minimum atomic E-state index is -1.66. The molecule has 8 amide bonds. The first-order valence-electron chi connectivity index (χ1n) is 21.7. The molecule has 0 saturated heterocycles. The predicted molar refractivity (Wildman–Crippen MR) is 247 cm³/mol. The van der Waals surface area contributed by atoms with E-state index in [4.69, 9.17) is 28.7 Å². The number of guanidine groups is 2. The first-order valence-corrected chi connectivity index (χ1v) is 21.7. The molecule has 1 rings (SSSR count). The number of primary amides is 1. The second-order valence-corrected chi connectivity index (χ2v) is 16.4. The first-order chi connectivity index (χ1) is 31.5. The maximum Gasteiger partial charge on any atom is 0.245 e. The van der Waals surface area contributed by atoms with Gasteiger partial charge in [-0.3, -0.25) is 48.3 Å². The molecule has 376 valence electrons. The number of phenols is 1. The number of carbonyl (C=O) groups is 8. The number of amides is 8. The third kappa shape index (κ3) is 22.8. The lowest BCUT2D eigenvalue weighted by atomic mass is 9.99. The molecule has 26 heteroatoms. The van der Waals surface area contributed by atoms with E-state index in [0.29, 0.717) is 5.56 Å². The quantitative estimate of drug-likeness (QED) is 0.0187. The number of likely N-dealkylation sites (N-methyl/N-ethyl adjacent to an activating group) is 1. The van der Waals surface area contributed by atoms with Crippen LogP contribution < -0.4 is 71.2 Å². The van der Waals surface area contributed by atoms with E-state index in [1.165, 1.54) is 24.3 Å². The van der Waals surface area contributed by atoms with Gasteiger partial charge in [0.05, 0.1) is 19.8 Å². The molecule has 0 aliphatic rings. The number of nitrogens with two attached hydrogens (primary N) is 5. The topological polar surface area (TPSA) is 448 Å². The van der Waals surface area contributed by atoms with E-state index in [2.05, 4.69) is 52.5 Å². The molecule has 26 nitrogen and oxygen atoms in total. The van der Waals surface area contributed by atoms with Crippen LogP contribution in [0.3, 0.4) is 0 Å². The second kappa shape index (κ2) is 30.4. The lowest BCUT2D eigenvalue weighted by molar-refractivity contribution is -0.136. The van der Waals surface area contributed by atoms with Crippen molar-refractivity contribution in [3.63, 3.8) is 0 Å². The molecule has 67 heavy (non-hydrogen) atoms. The van der Waals surface area contributed by atoms with Gasteiger partial charge < -0.3 is 86.5 Å². The van der Waals surface area contributed by atoms with E-state index in [9.17, 15) is 53.7 Å². The summed E-state index contributed by atoms with van der Waals surface area (Å²) in [6, 6.07) is -3.86. The number of nitrogens with one attached hydrogen (secondary N) is 8. The highest BCUT2D eigenvalue weighted by Crippen LogP contribution is 2.14. The Hall–Kier alpha value is -6.80. The molecule has 0 spiro atoms. The Balaban J connectivity index is 3.56. The summed E-state index contributed by atoms with van der Waals surface area (Å²) in [5.41, 5.74) is 27.5. The van der Waals surface area contributed by atoms with Gasteiger partial charge in [0, 0.05) is 19.5 Å². The van der Waals surface area contributed by atoms with Gasteiger partial charge >= 0.3 is 0 Å². The molecule has 0 fully saturated rings. The molecule has 0 aliphatic carbocycles. The monoisotopic (exact) mass is 950 g/mol. The Labute approximate surface area is 389 Å². The van der Waals surface area contributed by atoms with E-state index in [1.54, 1.807) is 20.9 Å². The van der Waals surface area contributed by atoms with Crippen molar-refractivity contribution in [1.82, 2.24) is 42.5 Å². The van der Waals surface area contributed by atoms with E-state index in [0.717, 1.165) is 0 Å². The fraction of sp³-hybridized carbons (Fsp3) is 0.610. The van der Waals surface area contributed by atoms with Crippen LogP contribution in [0.4, 0.5) is 0 Å². The van der Waals surface area contributed by atoms with Crippen molar-refractivity contribution in [1.29, 1.82) is 0 Å². The number of rotatable bonds is 31. The van der Waals surface area contributed by atoms with E-state index < -0.39 is 109 Å². The summed E-state index contributed by atoms with van der Waals surface area (Å²) in [6.45, 7) is 5.05. The summed E-state index contributed by atoms with van der Waals surface area (Å²) in [5.74, 6) is -8.01. The van der Waals surface area contributed by atoms with Crippen molar-refractivity contribution < 1.29 is 53.7 Å². The summed E-state index contributed by atoms with van der Waals surface area (Å²) in [4.78, 5) is 115. The predicted octanol–water partition coefficient (Wildman–Crippen LogP) is -6.17. The first kappa shape index (κ1) is 58.2. The number of hydrogen-bond acceptors (Lipinski definition) is 14. The molecule has 0 unspecified atom stereocenters. The Bertz CT molecular complexity index is 1860. The number of aliphatic hydroxyl groups is 2. The van der Waals surface area contributed by atoms with Crippen LogP contribution in [0, 0.1) is 11.8 Å². The summed E-state index contributed by atoms with van der Waals surface area (Å²) >= 11 is 0. The third-order valence-corrected chi connectivity index (χ3v) is 9.77. The third-order valence-electron chi connectivity index (χ3n) is 9.77. The van der Waals surface area contributed by atoms with Gasteiger partial charge in [0.2, 0.25) is 47.3 Å². The van der Waals surface area contributed by atoms with Crippen LogP contribution in [-0.4, -0.2) is 157 Å². The highest BCUT2D eigenvalue weighted by Gasteiger charge is 2.35. The van der Waals surface area contributed by atoms with Crippen LogP contribution in [0.5, 0.6) is 5.75 Å². The Morgan fingerprint density at radius 3 is 1.46 bits per heavy atom. The number of aliphatic imine (C=N–C) groups is 2. The smallest absolute Gasteiger partial charge is 0.245 e. The minimum Gasteiger partial charge on any atom is -0.508 e. The molecule has 21 N–H and O–H groups in total. The van der Waals surface area contributed by atoms with Crippen molar-refractivity contribution in [3.05, 3.63) is 29.8 Å². The van der Waals surface area contributed by atoms with Gasteiger partial charge in [0.1, 0.15) is 48.0 Å². The standard InChI is InChI=1S/C41H71N15O11/c1-21(2)16-27(50-31(60)18-47-5)36(64)53-28(17-23-10-12-24(59)13-11-23)37(65)51-26(9-7-15-49-41(45)46)35(63)56-32(22(3)4)39(67)52-25(8-6-14-48-40(43)44)34(62)55-30(20-58)38(66)54-29(19-57)33(42)61/h10-13,21-22,25-30,32,47,57-59H,6-9,14-20H2,1-5H3,(H2,42,61)(H,50,60)(H,51,65)(H,52,67)(H,53,64)(H,54,66)(H,55,62)(H,56,63)(H4,43,44,48)(H4,45,46,49)/t25-,26-,27-,28-,29-,30-,32-/m0/s1. The fourth-order valence-corrected chi connectivity index (χ4v) is 6.27. The average Bonchev–Trinajstić information content (AvgIpc) is 3.25. The van der Waals surface area contributed by atoms with Crippen LogP contribution >= 0.6 is 0 Å². The molecular formula is C41H71N15O11. The lowest BCUT2D eigenvalue weighted by Gasteiger charge is -2.29. The number of nitrogens with zero attached hydrogens (tertiary/aromatic N) is 2. The van der Waals surface area contributed by atoms with Crippen molar-refractivity contribution in [2.45, 2.75) is 109 Å². The van der Waals surface area contributed by atoms with Crippen molar-refractivity contribution in [2.75, 3.05) is 39.9 Å². The van der Waals surface area contributed by atoms with Gasteiger partial charge in [0.25, 0.3) is 0 Å². The van der Waals surface area contributed by atoms with Crippen LogP contribution in [0.25, 0.3) is 0 Å². The zero-order chi connectivity index (χ0) is 50.8. The van der Waals surface area contributed by atoms with Crippen LogP contribution in [0.15, 0.2) is 34.3 Å². The molecule has 0 radical (unpaired) electrons. The highest BCUT2D eigenvalue weighted by molar-refractivity contribution is 5.97. The lowest BCUT2D eigenvalue weighted by Crippen LogP contribution is -2.61. The molecular weight excluding hydrogens is 879 g/mol. The van der Waals surface area contributed by atoms with Crippen molar-refractivity contribution in [2.24, 2.45) is 50.5 Å². The zero-order valence-corrected chi connectivity index (χ0v) is 38.7. The van der Waals surface area contributed by atoms with E-state index in [-0.39, 0.29) is 81.7 Å². The molecule has 7 atom stereocenters. The van der Waals surface area contributed by atoms with Gasteiger partial charge in [-0.2, -0.15) is 0 Å². The maximum atomic E-state index is 14.2.